The minimum atomic E-state index is -0.399. The number of rotatable bonds is 4. The van der Waals surface area contributed by atoms with Gasteiger partial charge >= 0.3 is 0 Å². The van der Waals surface area contributed by atoms with Gasteiger partial charge in [0.25, 0.3) is 0 Å². The van der Waals surface area contributed by atoms with E-state index in [2.05, 4.69) is 91.0 Å². The molecule has 0 saturated carbocycles. The number of benzene rings is 4. The molecule has 0 heterocycles. The number of aryl methyl sites for hydroxylation is 2. The maximum absolute atomic E-state index is 2.38. The first-order chi connectivity index (χ1) is 12.9. The van der Waals surface area contributed by atoms with Crippen molar-refractivity contribution in [3.63, 3.8) is 0 Å². The highest BCUT2D eigenvalue weighted by Gasteiger charge is 2.19. The van der Waals surface area contributed by atoms with Crippen molar-refractivity contribution in [2.45, 2.75) is 19.0 Å². The van der Waals surface area contributed by atoms with E-state index in [1.165, 1.54) is 50.9 Å². The molecule has 126 valence electrons. The number of hydrogen-bond donors (Lipinski definition) is 0. The van der Waals surface area contributed by atoms with E-state index in [0.717, 1.165) is 6.16 Å². The predicted molar refractivity (Wildman–Crippen MR) is 114 cm³/mol. The van der Waals surface area contributed by atoms with E-state index >= 15 is 0 Å². The maximum Gasteiger partial charge on any atom is 0.00136 e. The lowest BCUT2D eigenvalue weighted by molar-refractivity contribution is 1.02. The van der Waals surface area contributed by atoms with Crippen LogP contribution >= 0.6 is 7.92 Å². The molecule has 0 fully saturated rings. The van der Waals surface area contributed by atoms with Crippen molar-refractivity contribution in [1.82, 2.24) is 0 Å². The molecule has 26 heavy (non-hydrogen) atoms. The molecule has 1 aliphatic rings. The van der Waals surface area contributed by atoms with Crippen LogP contribution < -0.4 is 10.6 Å². The second-order valence-electron chi connectivity index (χ2n) is 6.98. The third-order valence-electron chi connectivity index (χ3n) is 5.43. The lowest BCUT2D eigenvalue weighted by Gasteiger charge is -2.20. The molecule has 0 aliphatic heterocycles. The van der Waals surface area contributed by atoms with Gasteiger partial charge in [-0.3, -0.25) is 0 Å². The van der Waals surface area contributed by atoms with Crippen LogP contribution in [-0.2, 0) is 19.0 Å². The van der Waals surface area contributed by atoms with E-state index in [-0.39, 0.29) is 0 Å². The summed E-state index contributed by atoms with van der Waals surface area (Å²) in [6, 6.07) is 33.7. The van der Waals surface area contributed by atoms with Crippen molar-refractivity contribution in [3.8, 4) is 0 Å². The topological polar surface area (TPSA) is 0 Å². The molecule has 1 aliphatic carbocycles. The highest BCUT2D eigenvalue weighted by molar-refractivity contribution is 7.72. The molecule has 0 bridgehead atoms. The fraction of sp³-hybridized carbons (Fsp3) is 0.120. The molecule has 0 spiro atoms. The van der Waals surface area contributed by atoms with E-state index < -0.39 is 7.92 Å². The zero-order chi connectivity index (χ0) is 17.3. The second-order valence-corrected chi connectivity index (χ2v) is 9.19. The molecular formula is C25H21P. The lowest BCUT2D eigenvalue weighted by Crippen LogP contribution is -2.13. The Bertz CT molecular complexity index is 1000. The lowest BCUT2D eigenvalue weighted by atomic mass is 10.0. The minimum absolute atomic E-state index is 0.399. The minimum Gasteiger partial charge on any atom is -0.0622 e. The van der Waals surface area contributed by atoms with Gasteiger partial charge in [0.15, 0.2) is 0 Å². The van der Waals surface area contributed by atoms with Gasteiger partial charge in [0.05, 0.1) is 0 Å². The van der Waals surface area contributed by atoms with Crippen LogP contribution in [0.1, 0.15) is 16.7 Å². The maximum atomic E-state index is 2.38. The Hall–Kier alpha value is -2.43. The van der Waals surface area contributed by atoms with Gasteiger partial charge in [-0.05, 0) is 58.8 Å². The van der Waals surface area contributed by atoms with Gasteiger partial charge in [-0.2, -0.15) is 0 Å². The molecule has 1 heteroatoms. The second kappa shape index (κ2) is 6.71. The van der Waals surface area contributed by atoms with E-state index in [9.17, 15) is 0 Å². The molecule has 0 atom stereocenters. The van der Waals surface area contributed by atoms with Crippen LogP contribution in [0.5, 0.6) is 0 Å². The zero-order valence-electron chi connectivity index (χ0n) is 14.7. The fourth-order valence-corrected chi connectivity index (χ4v) is 6.51. The Labute approximate surface area is 156 Å². The molecule has 0 radical (unpaired) electrons. The van der Waals surface area contributed by atoms with Crippen molar-refractivity contribution < 1.29 is 0 Å². The predicted octanol–water partition coefficient (Wildman–Crippen LogP) is 5.57. The van der Waals surface area contributed by atoms with Crippen LogP contribution in [0.3, 0.4) is 0 Å². The summed E-state index contributed by atoms with van der Waals surface area (Å²) in [5.41, 5.74) is 4.55. The molecule has 5 rings (SSSR count). The Balaban J connectivity index is 1.63. The van der Waals surface area contributed by atoms with Crippen molar-refractivity contribution >= 4 is 29.3 Å². The highest BCUT2D eigenvalue weighted by atomic mass is 31.1. The summed E-state index contributed by atoms with van der Waals surface area (Å²) in [7, 11) is -0.399. The molecule has 0 saturated heterocycles. The summed E-state index contributed by atoms with van der Waals surface area (Å²) in [6.07, 6.45) is 3.49. The molecule has 0 N–H and O–H groups in total. The molecular weight excluding hydrogens is 331 g/mol. The van der Waals surface area contributed by atoms with E-state index in [1.807, 2.05) is 0 Å². The van der Waals surface area contributed by atoms with Crippen LogP contribution in [0.15, 0.2) is 91.0 Å². The molecule has 0 aromatic heterocycles. The average molecular weight is 352 g/mol. The summed E-state index contributed by atoms with van der Waals surface area (Å²) < 4.78 is 0. The van der Waals surface area contributed by atoms with Crippen molar-refractivity contribution in [1.29, 1.82) is 0 Å². The standard InChI is InChI=1S/C25H21P/c1-3-9-22(10-4-1)26(23-11-5-2-6-12-23)18-21-17-16-20-15-14-19-8-7-13-24(21)25(19)20/h1-13,16-17H,14-15,18H2. The van der Waals surface area contributed by atoms with Gasteiger partial charge in [-0.15, -0.1) is 0 Å². The van der Waals surface area contributed by atoms with E-state index in [0.29, 0.717) is 0 Å². The Morgan fingerprint density at radius 2 is 1.19 bits per heavy atom. The first-order valence-corrected chi connectivity index (χ1v) is 10.8. The highest BCUT2D eigenvalue weighted by Crippen LogP contribution is 2.41. The summed E-state index contributed by atoms with van der Waals surface area (Å²) in [4.78, 5) is 0. The quantitative estimate of drug-likeness (QED) is 0.421. The van der Waals surface area contributed by atoms with E-state index in [4.69, 9.17) is 0 Å². The van der Waals surface area contributed by atoms with Crippen LogP contribution in [0, 0.1) is 0 Å². The summed E-state index contributed by atoms with van der Waals surface area (Å²) in [5.74, 6) is 0. The summed E-state index contributed by atoms with van der Waals surface area (Å²) in [6.45, 7) is 0. The van der Waals surface area contributed by atoms with Gasteiger partial charge in [-0.1, -0.05) is 91.0 Å². The summed E-state index contributed by atoms with van der Waals surface area (Å²) in [5, 5.41) is 5.91. The third kappa shape index (κ3) is 2.75. The van der Waals surface area contributed by atoms with Gasteiger partial charge in [0, 0.05) is 6.16 Å². The fourth-order valence-electron chi connectivity index (χ4n) is 4.16. The molecule has 0 nitrogen and oxygen atoms in total. The Morgan fingerprint density at radius 1 is 0.577 bits per heavy atom. The zero-order valence-corrected chi connectivity index (χ0v) is 15.6. The first-order valence-electron chi connectivity index (χ1n) is 9.30. The normalized spacial score (nSPS) is 12.8. The summed E-state index contributed by atoms with van der Waals surface area (Å²) >= 11 is 0. The molecule has 0 amide bonds. The van der Waals surface area contributed by atoms with Crippen molar-refractivity contribution in [2.24, 2.45) is 0 Å². The largest absolute Gasteiger partial charge is 0.0622 e. The smallest absolute Gasteiger partial charge is 0.00136 e. The van der Waals surface area contributed by atoms with E-state index in [1.54, 1.807) is 0 Å². The van der Waals surface area contributed by atoms with Crippen LogP contribution in [0.2, 0.25) is 0 Å². The Kier molecular flexibility index (Phi) is 4.07. The SMILES string of the molecule is c1ccc(P(Cc2ccc3c4c(cccc24)CC3)c2ccccc2)cc1. The van der Waals surface area contributed by atoms with Crippen LogP contribution in [0.4, 0.5) is 0 Å². The van der Waals surface area contributed by atoms with Gasteiger partial charge in [0.2, 0.25) is 0 Å². The van der Waals surface area contributed by atoms with Crippen molar-refractivity contribution in [3.05, 3.63) is 108 Å². The molecule has 0 unspecified atom stereocenters. The molecule has 4 aromatic carbocycles. The van der Waals surface area contributed by atoms with Crippen LogP contribution in [-0.4, -0.2) is 0 Å². The van der Waals surface area contributed by atoms with Crippen molar-refractivity contribution in [2.75, 3.05) is 0 Å². The average Bonchev–Trinajstić information content (AvgIpc) is 3.14. The van der Waals surface area contributed by atoms with Crippen LogP contribution in [0.25, 0.3) is 10.8 Å². The van der Waals surface area contributed by atoms with Gasteiger partial charge in [-0.25, -0.2) is 0 Å². The molecule has 4 aromatic rings. The first kappa shape index (κ1) is 15.8. The monoisotopic (exact) mass is 352 g/mol. The number of hydrogen-bond acceptors (Lipinski definition) is 0. The van der Waals surface area contributed by atoms with Gasteiger partial charge < -0.3 is 0 Å². The third-order valence-corrected chi connectivity index (χ3v) is 7.93. The Morgan fingerprint density at radius 3 is 1.85 bits per heavy atom. The van der Waals surface area contributed by atoms with Gasteiger partial charge in [0.1, 0.15) is 0 Å².